The average Bonchev–Trinajstić information content (AvgIpc) is 2.04. The van der Waals surface area contributed by atoms with E-state index in [1.165, 1.54) is 6.33 Å². The maximum Gasteiger partial charge on any atom is 0.189 e. The molecule has 0 amide bonds. The molecule has 1 aliphatic heterocycles. The summed E-state index contributed by atoms with van der Waals surface area (Å²) in [6.07, 6.45) is 3.31. The van der Waals surface area contributed by atoms with E-state index in [0.717, 1.165) is 5.71 Å². The normalized spacial score (nSPS) is 15.4. The third-order valence-electron chi connectivity index (χ3n) is 1.68. The quantitative estimate of drug-likeness (QED) is 0.573. The summed E-state index contributed by atoms with van der Waals surface area (Å²) in [4.78, 5) is 23.2. The molecule has 2 rings (SSSR count). The van der Waals surface area contributed by atoms with Gasteiger partial charge in [-0.2, -0.15) is 0 Å². The number of aliphatic imine (C=N–C) groups is 1. The van der Waals surface area contributed by atoms with E-state index in [0.29, 0.717) is 17.8 Å². The van der Waals surface area contributed by atoms with Crippen molar-refractivity contribution in [3.63, 3.8) is 0 Å². The highest BCUT2D eigenvalue weighted by molar-refractivity contribution is 6.13. The molecule has 60 valence electrons. The molecule has 1 aromatic heterocycles. The number of carbonyl (C=O) groups excluding carboxylic acids is 1. The molecule has 0 saturated heterocycles. The zero-order valence-electron chi connectivity index (χ0n) is 6.61. The van der Waals surface area contributed by atoms with Crippen molar-refractivity contribution in [2.75, 3.05) is 0 Å². The van der Waals surface area contributed by atoms with Crippen LogP contribution in [-0.4, -0.2) is 21.5 Å². The molecule has 2 heterocycles. The van der Waals surface area contributed by atoms with E-state index in [-0.39, 0.29) is 5.78 Å². The van der Waals surface area contributed by atoms with Crippen LogP contribution < -0.4 is 0 Å². The highest BCUT2D eigenvalue weighted by Gasteiger charge is 2.18. The lowest BCUT2D eigenvalue weighted by Crippen LogP contribution is -2.12. The molecule has 0 unspecified atom stereocenters. The molecule has 0 fully saturated rings. The molecule has 0 radical (unpaired) electrons. The van der Waals surface area contributed by atoms with Gasteiger partial charge < -0.3 is 0 Å². The summed E-state index contributed by atoms with van der Waals surface area (Å²) in [5.41, 5.74) is 1.85. The Kier molecular flexibility index (Phi) is 1.46. The van der Waals surface area contributed by atoms with E-state index in [1.54, 1.807) is 6.20 Å². The Bertz CT molecular complexity index is 370. The first kappa shape index (κ1) is 7.09. The molecule has 0 N–H and O–H groups in total. The molecular weight excluding hydrogens is 154 g/mol. The summed E-state index contributed by atoms with van der Waals surface area (Å²) < 4.78 is 0. The van der Waals surface area contributed by atoms with Crippen molar-refractivity contribution in [1.82, 2.24) is 9.97 Å². The highest BCUT2D eigenvalue weighted by atomic mass is 16.1. The molecule has 0 aliphatic carbocycles. The number of rotatable bonds is 0. The van der Waals surface area contributed by atoms with Crippen LogP contribution in [0.15, 0.2) is 17.5 Å². The summed E-state index contributed by atoms with van der Waals surface area (Å²) >= 11 is 0. The lowest BCUT2D eigenvalue weighted by atomic mass is 10.1. The largest absolute Gasteiger partial charge is 0.292 e. The number of hydrogen-bond acceptors (Lipinski definition) is 4. The number of Topliss-reactive ketones (excluding diaryl/α,β-unsaturated/α-hetero) is 1. The van der Waals surface area contributed by atoms with Gasteiger partial charge in [0.2, 0.25) is 0 Å². The van der Waals surface area contributed by atoms with Gasteiger partial charge in [-0.1, -0.05) is 0 Å². The highest BCUT2D eigenvalue weighted by Crippen LogP contribution is 2.21. The van der Waals surface area contributed by atoms with Crippen LogP contribution in [-0.2, 0) is 0 Å². The standard InChI is InChI=1S/C8H7N3O/c1-5-2-7(12)8-6(11-5)3-9-4-10-8/h3-4H,2H2,1H3. The van der Waals surface area contributed by atoms with Crippen molar-refractivity contribution in [3.8, 4) is 0 Å². The zero-order valence-corrected chi connectivity index (χ0v) is 6.61. The minimum Gasteiger partial charge on any atom is -0.292 e. The van der Waals surface area contributed by atoms with Crippen LogP contribution in [0.4, 0.5) is 5.69 Å². The first-order chi connectivity index (χ1) is 5.77. The Balaban J connectivity index is 2.62. The van der Waals surface area contributed by atoms with Crippen molar-refractivity contribution >= 4 is 17.2 Å². The van der Waals surface area contributed by atoms with Crippen LogP contribution in [0.2, 0.25) is 0 Å². The van der Waals surface area contributed by atoms with Gasteiger partial charge in [0.25, 0.3) is 0 Å². The van der Waals surface area contributed by atoms with Crippen molar-refractivity contribution in [2.24, 2.45) is 4.99 Å². The van der Waals surface area contributed by atoms with Gasteiger partial charge in [0.1, 0.15) is 17.7 Å². The first-order valence-corrected chi connectivity index (χ1v) is 3.65. The smallest absolute Gasteiger partial charge is 0.189 e. The number of fused-ring (bicyclic) bond motifs is 1. The predicted molar refractivity (Wildman–Crippen MR) is 43.7 cm³/mol. The van der Waals surface area contributed by atoms with Crippen molar-refractivity contribution in [1.29, 1.82) is 0 Å². The van der Waals surface area contributed by atoms with E-state index < -0.39 is 0 Å². The number of carbonyl (C=O) groups is 1. The molecule has 12 heavy (non-hydrogen) atoms. The van der Waals surface area contributed by atoms with Gasteiger partial charge in [-0.3, -0.25) is 9.79 Å². The first-order valence-electron chi connectivity index (χ1n) is 3.65. The van der Waals surface area contributed by atoms with Gasteiger partial charge in [0.15, 0.2) is 5.78 Å². The molecule has 0 aromatic carbocycles. The summed E-state index contributed by atoms with van der Waals surface area (Å²) in [5, 5.41) is 0. The number of aromatic nitrogens is 2. The number of ketones is 1. The minimum atomic E-state index is 0.0277. The molecule has 1 aromatic rings. The fraction of sp³-hybridized carbons (Fsp3) is 0.250. The van der Waals surface area contributed by atoms with E-state index in [1.807, 2.05) is 6.92 Å². The Morgan fingerprint density at radius 1 is 1.50 bits per heavy atom. The van der Waals surface area contributed by atoms with E-state index in [4.69, 9.17) is 0 Å². The van der Waals surface area contributed by atoms with Crippen LogP contribution >= 0.6 is 0 Å². The van der Waals surface area contributed by atoms with E-state index in [9.17, 15) is 4.79 Å². The second-order valence-electron chi connectivity index (χ2n) is 2.70. The number of hydrogen-bond donors (Lipinski definition) is 0. The van der Waals surface area contributed by atoms with Crippen molar-refractivity contribution in [3.05, 3.63) is 18.2 Å². The molecule has 1 aliphatic rings. The maximum absolute atomic E-state index is 11.3. The van der Waals surface area contributed by atoms with Gasteiger partial charge in [-0.25, -0.2) is 9.97 Å². The molecular formula is C8H7N3O. The molecule has 4 heteroatoms. The Labute approximate surface area is 69.4 Å². The lowest BCUT2D eigenvalue weighted by molar-refractivity contribution is 0.0995. The Morgan fingerprint density at radius 3 is 3.17 bits per heavy atom. The third kappa shape index (κ3) is 1.01. The summed E-state index contributed by atoms with van der Waals surface area (Å²) in [7, 11) is 0. The van der Waals surface area contributed by atoms with Crippen LogP contribution in [0.1, 0.15) is 23.8 Å². The third-order valence-corrected chi connectivity index (χ3v) is 1.68. The van der Waals surface area contributed by atoms with Gasteiger partial charge in [0, 0.05) is 5.71 Å². The van der Waals surface area contributed by atoms with E-state index in [2.05, 4.69) is 15.0 Å². The van der Waals surface area contributed by atoms with Crippen molar-refractivity contribution < 1.29 is 4.79 Å². The fourth-order valence-corrected chi connectivity index (χ4v) is 1.18. The molecule has 0 saturated carbocycles. The SMILES string of the molecule is CC1=Nc2cncnc2C(=O)C1. The van der Waals surface area contributed by atoms with E-state index >= 15 is 0 Å². The predicted octanol–water partition coefficient (Wildman–Crippen LogP) is 1.16. The Morgan fingerprint density at radius 2 is 2.33 bits per heavy atom. The molecule has 4 nitrogen and oxygen atoms in total. The van der Waals surface area contributed by atoms with Crippen LogP contribution in [0.5, 0.6) is 0 Å². The topological polar surface area (TPSA) is 55.2 Å². The summed E-state index contributed by atoms with van der Waals surface area (Å²) in [6, 6.07) is 0. The maximum atomic E-state index is 11.3. The molecule has 0 bridgehead atoms. The zero-order chi connectivity index (χ0) is 8.55. The molecule has 0 spiro atoms. The second kappa shape index (κ2) is 2.48. The fourth-order valence-electron chi connectivity index (χ4n) is 1.18. The van der Waals surface area contributed by atoms with Gasteiger partial charge in [-0.05, 0) is 6.92 Å². The average molecular weight is 161 g/mol. The minimum absolute atomic E-state index is 0.0277. The van der Waals surface area contributed by atoms with Gasteiger partial charge >= 0.3 is 0 Å². The van der Waals surface area contributed by atoms with Crippen LogP contribution in [0.3, 0.4) is 0 Å². The second-order valence-corrected chi connectivity index (χ2v) is 2.70. The summed E-state index contributed by atoms with van der Waals surface area (Å²) in [5.74, 6) is 0.0277. The number of nitrogens with zero attached hydrogens (tertiary/aromatic N) is 3. The molecule has 0 atom stereocenters. The van der Waals surface area contributed by atoms with Gasteiger partial charge in [0.05, 0.1) is 12.6 Å². The van der Waals surface area contributed by atoms with Crippen molar-refractivity contribution in [2.45, 2.75) is 13.3 Å². The monoisotopic (exact) mass is 161 g/mol. The van der Waals surface area contributed by atoms with Crippen LogP contribution in [0.25, 0.3) is 0 Å². The Hall–Kier alpha value is -1.58. The van der Waals surface area contributed by atoms with Crippen LogP contribution in [0, 0.1) is 0 Å². The summed E-state index contributed by atoms with van der Waals surface area (Å²) in [6.45, 7) is 1.83. The van der Waals surface area contributed by atoms with Gasteiger partial charge in [-0.15, -0.1) is 0 Å². The lowest BCUT2D eigenvalue weighted by Gasteiger charge is -2.08.